The molecular formula is C20H22F3N3O2. The van der Waals surface area contributed by atoms with Gasteiger partial charge >= 0.3 is 6.18 Å². The van der Waals surface area contributed by atoms with Crippen LogP contribution in [0, 0.1) is 6.92 Å². The van der Waals surface area contributed by atoms with E-state index in [0.717, 1.165) is 18.4 Å². The number of hydrogen-bond donors (Lipinski definition) is 1. The highest BCUT2D eigenvalue weighted by molar-refractivity contribution is 5.77. The summed E-state index contributed by atoms with van der Waals surface area (Å²) in [6.07, 6.45) is -1.93. The number of aromatic nitrogens is 2. The number of fused-ring (bicyclic) bond motifs is 1. The molecule has 1 aliphatic carbocycles. The van der Waals surface area contributed by atoms with E-state index in [1.807, 2.05) is 25.1 Å². The van der Waals surface area contributed by atoms with Gasteiger partial charge in [0.2, 0.25) is 0 Å². The maximum Gasteiger partial charge on any atom is 0.433 e. The van der Waals surface area contributed by atoms with Crippen LogP contribution in [0.5, 0.6) is 5.75 Å². The molecule has 1 aromatic carbocycles. The number of hydrogen-bond acceptors (Lipinski definition) is 4. The van der Waals surface area contributed by atoms with Crippen LogP contribution in [0.3, 0.4) is 0 Å². The predicted molar refractivity (Wildman–Crippen MR) is 97.1 cm³/mol. The minimum atomic E-state index is -4.50. The predicted octanol–water partition coefficient (Wildman–Crippen LogP) is 3.42. The second-order valence-corrected chi connectivity index (χ2v) is 6.77. The van der Waals surface area contributed by atoms with Crippen molar-refractivity contribution in [3.8, 4) is 5.75 Å². The SMILES string of the molecule is Cc1ccccc1OCC(=O)NCCc1nc2c(c(C(F)(F)F)n1)CCCC2. The number of benzene rings is 1. The maximum atomic E-state index is 13.3. The van der Waals surface area contributed by atoms with E-state index in [9.17, 15) is 18.0 Å². The third-order valence-corrected chi connectivity index (χ3v) is 4.62. The lowest BCUT2D eigenvalue weighted by Crippen LogP contribution is -2.31. The number of nitrogens with zero attached hydrogens (tertiary/aromatic N) is 2. The van der Waals surface area contributed by atoms with Crippen LogP contribution in [-0.2, 0) is 30.2 Å². The van der Waals surface area contributed by atoms with Gasteiger partial charge in [-0.1, -0.05) is 18.2 Å². The molecule has 0 spiro atoms. The minimum Gasteiger partial charge on any atom is -0.484 e. The van der Waals surface area contributed by atoms with Gasteiger partial charge in [0.25, 0.3) is 5.91 Å². The molecule has 0 aliphatic heterocycles. The van der Waals surface area contributed by atoms with Gasteiger partial charge in [-0.05, 0) is 44.2 Å². The average molecular weight is 393 g/mol. The molecule has 0 unspecified atom stereocenters. The van der Waals surface area contributed by atoms with Crippen molar-refractivity contribution in [1.82, 2.24) is 15.3 Å². The second kappa shape index (κ2) is 8.58. The van der Waals surface area contributed by atoms with Crippen LogP contribution in [0.15, 0.2) is 24.3 Å². The van der Waals surface area contributed by atoms with Crippen molar-refractivity contribution in [3.05, 3.63) is 52.6 Å². The van der Waals surface area contributed by atoms with E-state index in [1.165, 1.54) is 0 Å². The van der Waals surface area contributed by atoms with E-state index in [2.05, 4.69) is 15.3 Å². The molecule has 0 saturated carbocycles. The number of nitrogens with one attached hydrogen (secondary N) is 1. The number of ether oxygens (including phenoxy) is 1. The van der Waals surface area contributed by atoms with Crippen LogP contribution >= 0.6 is 0 Å². The van der Waals surface area contributed by atoms with Gasteiger partial charge in [0.15, 0.2) is 12.3 Å². The Hall–Kier alpha value is -2.64. The minimum absolute atomic E-state index is 0.105. The first-order valence-electron chi connectivity index (χ1n) is 9.25. The molecule has 0 fully saturated rings. The van der Waals surface area contributed by atoms with E-state index in [1.54, 1.807) is 6.07 Å². The van der Waals surface area contributed by atoms with Crippen LogP contribution in [0.4, 0.5) is 13.2 Å². The van der Waals surface area contributed by atoms with E-state index in [-0.39, 0.29) is 36.9 Å². The summed E-state index contributed by atoms with van der Waals surface area (Å²) < 4.78 is 45.4. The lowest BCUT2D eigenvalue weighted by atomic mass is 9.94. The number of alkyl halides is 3. The molecular weight excluding hydrogens is 371 g/mol. The van der Waals surface area contributed by atoms with Gasteiger partial charge in [-0.2, -0.15) is 13.2 Å². The Labute approximate surface area is 161 Å². The number of amides is 1. The smallest absolute Gasteiger partial charge is 0.433 e. The molecule has 5 nitrogen and oxygen atoms in total. The first-order valence-corrected chi connectivity index (χ1v) is 9.25. The monoisotopic (exact) mass is 393 g/mol. The number of rotatable bonds is 6. The van der Waals surface area contributed by atoms with Crippen molar-refractivity contribution < 1.29 is 22.7 Å². The molecule has 150 valence electrons. The number of aryl methyl sites for hydroxylation is 2. The van der Waals surface area contributed by atoms with Crippen LogP contribution < -0.4 is 10.1 Å². The molecule has 1 aromatic heterocycles. The Bertz CT molecular complexity index is 853. The van der Waals surface area contributed by atoms with E-state index < -0.39 is 11.9 Å². The molecule has 1 heterocycles. The molecule has 0 radical (unpaired) electrons. The largest absolute Gasteiger partial charge is 0.484 e. The topological polar surface area (TPSA) is 64.1 Å². The molecule has 2 aromatic rings. The zero-order chi connectivity index (χ0) is 20.1. The molecule has 8 heteroatoms. The number of carbonyl (C=O) groups excluding carboxylic acids is 1. The quantitative estimate of drug-likeness (QED) is 0.817. The fourth-order valence-corrected chi connectivity index (χ4v) is 3.22. The van der Waals surface area contributed by atoms with E-state index >= 15 is 0 Å². The third-order valence-electron chi connectivity index (χ3n) is 4.62. The van der Waals surface area contributed by atoms with Crippen LogP contribution in [-0.4, -0.2) is 29.0 Å². The van der Waals surface area contributed by atoms with Crippen molar-refractivity contribution in [2.45, 2.75) is 45.2 Å². The van der Waals surface area contributed by atoms with Gasteiger partial charge < -0.3 is 10.1 Å². The molecule has 1 amide bonds. The Morgan fingerprint density at radius 1 is 1.18 bits per heavy atom. The zero-order valence-corrected chi connectivity index (χ0v) is 15.6. The van der Waals surface area contributed by atoms with Crippen LogP contribution in [0.2, 0.25) is 0 Å². The van der Waals surface area contributed by atoms with E-state index in [4.69, 9.17) is 4.74 Å². The highest BCUT2D eigenvalue weighted by atomic mass is 19.4. The molecule has 1 aliphatic rings. The summed E-state index contributed by atoms with van der Waals surface area (Å²) in [6, 6.07) is 7.32. The Morgan fingerprint density at radius 3 is 2.68 bits per heavy atom. The molecule has 0 saturated heterocycles. The summed E-state index contributed by atoms with van der Waals surface area (Å²) in [5, 5.41) is 2.63. The average Bonchev–Trinajstić information content (AvgIpc) is 2.66. The first kappa shape index (κ1) is 20.1. The summed E-state index contributed by atoms with van der Waals surface area (Å²) in [5.74, 6) is 0.371. The van der Waals surface area contributed by atoms with Crippen molar-refractivity contribution >= 4 is 5.91 Å². The number of carbonyl (C=O) groups is 1. The fraction of sp³-hybridized carbons (Fsp3) is 0.450. The Kier molecular flexibility index (Phi) is 6.16. The number of halogens is 3. The van der Waals surface area contributed by atoms with Crippen LogP contribution in [0.1, 0.15) is 41.2 Å². The van der Waals surface area contributed by atoms with Gasteiger partial charge in [-0.15, -0.1) is 0 Å². The molecule has 28 heavy (non-hydrogen) atoms. The lowest BCUT2D eigenvalue weighted by Gasteiger charge is -2.20. The van der Waals surface area contributed by atoms with Crippen LogP contribution in [0.25, 0.3) is 0 Å². The summed E-state index contributed by atoms with van der Waals surface area (Å²) in [4.78, 5) is 20.0. The van der Waals surface area contributed by atoms with Gasteiger partial charge in [-0.25, -0.2) is 9.97 Å². The molecule has 1 N–H and O–H groups in total. The normalized spacial score (nSPS) is 13.7. The van der Waals surface area contributed by atoms with Gasteiger partial charge in [0.1, 0.15) is 11.6 Å². The van der Waals surface area contributed by atoms with Gasteiger partial charge in [0.05, 0.1) is 0 Å². The lowest BCUT2D eigenvalue weighted by molar-refractivity contribution is -0.142. The standard InChI is InChI=1S/C20H22F3N3O2/c1-13-6-2-5-9-16(13)28-12-18(27)24-11-10-17-25-15-8-4-3-7-14(15)19(26-17)20(21,22)23/h2,5-6,9H,3-4,7-8,10-12H2,1H3,(H,24,27). The maximum absolute atomic E-state index is 13.3. The zero-order valence-electron chi connectivity index (χ0n) is 15.6. The fourth-order valence-electron chi connectivity index (χ4n) is 3.22. The highest BCUT2D eigenvalue weighted by Crippen LogP contribution is 2.34. The molecule has 0 bridgehead atoms. The van der Waals surface area contributed by atoms with Crippen molar-refractivity contribution in [2.75, 3.05) is 13.2 Å². The molecule has 3 rings (SSSR count). The van der Waals surface area contributed by atoms with Crippen molar-refractivity contribution in [2.24, 2.45) is 0 Å². The summed E-state index contributed by atoms with van der Waals surface area (Å²) in [7, 11) is 0. The molecule has 0 atom stereocenters. The Morgan fingerprint density at radius 2 is 1.93 bits per heavy atom. The summed E-state index contributed by atoms with van der Waals surface area (Å²) >= 11 is 0. The highest BCUT2D eigenvalue weighted by Gasteiger charge is 2.37. The second-order valence-electron chi connectivity index (χ2n) is 6.77. The summed E-state index contributed by atoms with van der Waals surface area (Å²) in [6.45, 7) is 1.86. The van der Waals surface area contributed by atoms with E-state index in [0.29, 0.717) is 24.3 Å². The summed E-state index contributed by atoms with van der Waals surface area (Å²) in [5.41, 5.74) is 0.787. The van der Waals surface area contributed by atoms with Gasteiger partial charge in [0, 0.05) is 24.2 Å². The van der Waals surface area contributed by atoms with Crippen molar-refractivity contribution in [3.63, 3.8) is 0 Å². The first-order chi connectivity index (χ1) is 13.3. The Balaban J connectivity index is 1.57. The number of para-hydroxylation sites is 1. The third kappa shape index (κ3) is 4.99. The van der Waals surface area contributed by atoms with Crippen molar-refractivity contribution in [1.29, 1.82) is 0 Å². The van der Waals surface area contributed by atoms with Gasteiger partial charge in [-0.3, -0.25) is 4.79 Å².